The van der Waals surface area contributed by atoms with Crippen molar-refractivity contribution in [2.75, 3.05) is 0 Å². The highest BCUT2D eigenvalue weighted by Crippen LogP contribution is 2.23. The van der Waals surface area contributed by atoms with Crippen LogP contribution in [-0.2, 0) is 4.79 Å². The van der Waals surface area contributed by atoms with Crippen LogP contribution in [0.15, 0.2) is 29.5 Å². The lowest BCUT2D eigenvalue weighted by atomic mass is 9.93. The molecule has 1 N–H and O–H groups in total. The van der Waals surface area contributed by atoms with Gasteiger partial charge in [-0.1, -0.05) is 13.0 Å². The highest BCUT2D eigenvalue weighted by Gasteiger charge is 2.25. The van der Waals surface area contributed by atoms with Gasteiger partial charge < -0.3 is 0 Å². The molecule has 3 rings (SSSR count). The lowest BCUT2D eigenvalue weighted by Crippen LogP contribution is -2.32. The SMILES string of the molecule is Cc1nn2ccccc2c1C1=NNC(=O)CC1C. The van der Waals surface area contributed by atoms with E-state index in [0.717, 1.165) is 22.5 Å². The van der Waals surface area contributed by atoms with Crippen molar-refractivity contribution in [3.63, 3.8) is 0 Å². The molecule has 0 spiro atoms. The maximum atomic E-state index is 11.3. The van der Waals surface area contributed by atoms with E-state index in [1.165, 1.54) is 0 Å². The Morgan fingerprint density at radius 2 is 2.28 bits per heavy atom. The number of amides is 1. The molecular weight excluding hydrogens is 228 g/mol. The van der Waals surface area contributed by atoms with Gasteiger partial charge in [0, 0.05) is 24.1 Å². The molecular formula is C13H14N4O. The Balaban J connectivity index is 2.20. The van der Waals surface area contributed by atoms with Crippen LogP contribution in [0.3, 0.4) is 0 Å². The molecule has 92 valence electrons. The lowest BCUT2D eigenvalue weighted by Gasteiger charge is -2.18. The van der Waals surface area contributed by atoms with Crippen LogP contribution in [0.5, 0.6) is 0 Å². The molecule has 0 radical (unpaired) electrons. The average Bonchev–Trinajstić information content (AvgIpc) is 2.66. The Bertz CT molecular complexity index is 656. The first-order valence-corrected chi connectivity index (χ1v) is 5.97. The van der Waals surface area contributed by atoms with Crippen molar-refractivity contribution < 1.29 is 4.79 Å². The largest absolute Gasteiger partial charge is 0.273 e. The van der Waals surface area contributed by atoms with E-state index in [4.69, 9.17) is 0 Å². The maximum Gasteiger partial charge on any atom is 0.240 e. The number of aromatic nitrogens is 2. The van der Waals surface area contributed by atoms with Crippen molar-refractivity contribution in [1.82, 2.24) is 15.0 Å². The standard InChI is InChI=1S/C13H14N4O/c1-8-7-11(18)14-15-13(8)12-9(2)16-17-6-4-3-5-10(12)17/h3-6,8H,7H2,1-2H3,(H,14,18). The predicted octanol–water partition coefficient (Wildman–Crippen LogP) is 1.50. The van der Waals surface area contributed by atoms with Gasteiger partial charge in [-0.15, -0.1) is 0 Å². The fourth-order valence-corrected chi connectivity index (χ4v) is 2.39. The van der Waals surface area contributed by atoms with Gasteiger partial charge in [-0.05, 0) is 19.1 Å². The summed E-state index contributed by atoms with van der Waals surface area (Å²) in [6.45, 7) is 3.98. The third-order valence-corrected chi connectivity index (χ3v) is 3.23. The zero-order chi connectivity index (χ0) is 12.7. The second-order valence-corrected chi connectivity index (χ2v) is 4.63. The predicted molar refractivity (Wildman–Crippen MR) is 68.4 cm³/mol. The molecule has 1 amide bonds. The smallest absolute Gasteiger partial charge is 0.240 e. The van der Waals surface area contributed by atoms with Crippen LogP contribution in [-0.4, -0.2) is 21.2 Å². The number of aryl methyl sites for hydroxylation is 1. The van der Waals surface area contributed by atoms with Crippen molar-refractivity contribution in [2.45, 2.75) is 20.3 Å². The molecule has 2 aromatic heterocycles. The zero-order valence-corrected chi connectivity index (χ0v) is 10.3. The van der Waals surface area contributed by atoms with Crippen LogP contribution in [0.4, 0.5) is 0 Å². The number of pyridine rings is 1. The van der Waals surface area contributed by atoms with Crippen LogP contribution < -0.4 is 5.43 Å². The monoisotopic (exact) mass is 242 g/mol. The van der Waals surface area contributed by atoms with Crippen molar-refractivity contribution in [1.29, 1.82) is 0 Å². The number of rotatable bonds is 1. The molecule has 0 aromatic carbocycles. The Hall–Kier alpha value is -2.17. The summed E-state index contributed by atoms with van der Waals surface area (Å²) in [7, 11) is 0. The van der Waals surface area contributed by atoms with E-state index in [0.29, 0.717) is 6.42 Å². The second kappa shape index (κ2) is 3.94. The zero-order valence-electron chi connectivity index (χ0n) is 10.3. The number of fused-ring (bicyclic) bond motifs is 1. The van der Waals surface area contributed by atoms with Crippen molar-refractivity contribution in [3.05, 3.63) is 35.7 Å². The van der Waals surface area contributed by atoms with Crippen LogP contribution in [0.1, 0.15) is 24.6 Å². The first kappa shape index (κ1) is 11.0. The average molecular weight is 242 g/mol. The van der Waals surface area contributed by atoms with E-state index in [1.807, 2.05) is 42.8 Å². The van der Waals surface area contributed by atoms with E-state index in [-0.39, 0.29) is 11.8 Å². The van der Waals surface area contributed by atoms with Gasteiger partial charge in [-0.2, -0.15) is 10.2 Å². The normalized spacial score (nSPS) is 19.8. The number of carbonyl (C=O) groups excluding carboxylic acids is 1. The quantitative estimate of drug-likeness (QED) is 0.824. The number of hydrazone groups is 1. The van der Waals surface area contributed by atoms with Crippen molar-refractivity contribution in [2.24, 2.45) is 11.0 Å². The summed E-state index contributed by atoms with van der Waals surface area (Å²) in [6, 6.07) is 5.94. The molecule has 18 heavy (non-hydrogen) atoms. The molecule has 1 aliphatic rings. The summed E-state index contributed by atoms with van der Waals surface area (Å²) in [5, 5.41) is 8.67. The molecule has 1 unspecified atom stereocenters. The molecule has 5 heteroatoms. The molecule has 5 nitrogen and oxygen atoms in total. The maximum absolute atomic E-state index is 11.3. The first-order chi connectivity index (χ1) is 8.66. The Morgan fingerprint density at radius 3 is 3.06 bits per heavy atom. The van der Waals surface area contributed by atoms with Crippen molar-refractivity contribution in [3.8, 4) is 0 Å². The molecule has 1 aliphatic heterocycles. The number of hydrogen-bond donors (Lipinski definition) is 1. The fourth-order valence-electron chi connectivity index (χ4n) is 2.39. The summed E-state index contributed by atoms with van der Waals surface area (Å²) in [5.41, 5.74) is 6.45. The van der Waals surface area contributed by atoms with Crippen LogP contribution in [0.2, 0.25) is 0 Å². The highest BCUT2D eigenvalue weighted by molar-refractivity contribution is 6.10. The Morgan fingerprint density at radius 1 is 1.44 bits per heavy atom. The van der Waals surface area contributed by atoms with E-state index in [1.54, 1.807) is 0 Å². The Labute approximate surface area is 104 Å². The van der Waals surface area contributed by atoms with Gasteiger partial charge in [0.15, 0.2) is 0 Å². The first-order valence-electron chi connectivity index (χ1n) is 5.97. The van der Waals surface area contributed by atoms with E-state index in [2.05, 4.69) is 15.6 Å². The van der Waals surface area contributed by atoms with Crippen LogP contribution >= 0.6 is 0 Å². The molecule has 0 aliphatic carbocycles. The van der Waals surface area contributed by atoms with E-state index < -0.39 is 0 Å². The van der Waals surface area contributed by atoms with E-state index in [9.17, 15) is 4.79 Å². The van der Waals surface area contributed by atoms with Crippen LogP contribution in [0.25, 0.3) is 5.52 Å². The molecule has 0 bridgehead atoms. The van der Waals surface area contributed by atoms with Crippen molar-refractivity contribution >= 4 is 17.1 Å². The minimum Gasteiger partial charge on any atom is -0.273 e. The molecule has 0 saturated heterocycles. The van der Waals surface area contributed by atoms with Gasteiger partial charge >= 0.3 is 0 Å². The third-order valence-electron chi connectivity index (χ3n) is 3.23. The number of hydrogen-bond acceptors (Lipinski definition) is 3. The lowest BCUT2D eigenvalue weighted by molar-refractivity contribution is -0.121. The minimum absolute atomic E-state index is 0.0274. The molecule has 3 heterocycles. The van der Waals surface area contributed by atoms with Gasteiger partial charge in [0.05, 0.1) is 16.9 Å². The number of nitrogens with one attached hydrogen (secondary N) is 1. The number of carbonyl (C=O) groups is 1. The summed E-state index contributed by atoms with van der Waals surface area (Å²) < 4.78 is 1.84. The summed E-state index contributed by atoms with van der Waals surface area (Å²) in [6.07, 6.45) is 2.39. The third kappa shape index (κ3) is 1.59. The highest BCUT2D eigenvalue weighted by atomic mass is 16.2. The minimum atomic E-state index is -0.0274. The Kier molecular flexibility index (Phi) is 2.40. The number of nitrogens with zero attached hydrogens (tertiary/aromatic N) is 3. The van der Waals surface area contributed by atoms with Gasteiger partial charge in [0.2, 0.25) is 5.91 Å². The van der Waals surface area contributed by atoms with Crippen LogP contribution in [0, 0.1) is 12.8 Å². The molecule has 2 aromatic rings. The van der Waals surface area contributed by atoms with Gasteiger partial charge in [0.25, 0.3) is 0 Å². The summed E-state index contributed by atoms with van der Waals surface area (Å²) in [4.78, 5) is 11.3. The molecule has 0 fully saturated rings. The van der Waals surface area contributed by atoms with E-state index >= 15 is 0 Å². The second-order valence-electron chi connectivity index (χ2n) is 4.63. The molecule has 0 saturated carbocycles. The van der Waals surface area contributed by atoms with Gasteiger partial charge in [0.1, 0.15) is 0 Å². The summed E-state index contributed by atoms with van der Waals surface area (Å²) >= 11 is 0. The topological polar surface area (TPSA) is 58.8 Å². The fraction of sp³-hybridized carbons (Fsp3) is 0.308. The van der Waals surface area contributed by atoms with Gasteiger partial charge in [-0.25, -0.2) is 9.94 Å². The summed E-state index contributed by atoms with van der Waals surface area (Å²) in [5.74, 6) is 0.0889. The molecule has 1 atom stereocenters. The van der Waals surface area contributed by atoms with Gasteiger partial charge in [-0.3, -0.25) is 4.79 Å².